The van der Waals surface area contributed by atoms with Gasteiger partial charge in [-0.15, -0.1) is 17.8 Å². The first-order chi connectivity index (χ1) is 6.81. The van der Waals surface area contributed by atoms with E-state index in [0.717, 1.165) is 10.2 Å². The molecule has 3 nitrogen and oxygen atoms in total. The standard InChI is InChI=1S/C9H6ClN3S/c1-2-4-11-7-6-3-5-14-8(6)13-9(10)12-7/h1,3,5H,4H2,(H,11,12,13). The third-order valence-corrected chi connectivity index (χ3v) is 2.63. The molecular weight excluding hydrogens is 218 g/mol. The molecule has 70 valence electrons. The van der Waals surface area contributed by atoms with Gasteiger partial charge in [-0.1, -0.05) is 5.92 Å². The quantitative estimate of drug-likeness (QED) is 0.628. The maximum absolute atomic E-state index is 5.75. The number of aromatic nitrogens is 2. The molecule has 0 amide bonds. The van der Waals surface area contributed by atoms with Crippen LogP contribution in [-0.2, 0) is 0 Å². The van der Waals surface area contributed by atoms with Gasteiger partial charge in [-0.3, -0.25) is 0 Å². The smallest absolute Gasteiger partial charge is 0.225 e. The maximum Gasteiger partial charge on any atom is 0.225 e. The van der Waals surface area contributed by atoms with Crippen LogP contribution in [-0.4, -0.2) is 16.5 Å². The molecule has 0 radical (unpaired) electrons. The SMILES string of the molecule is C#CCNc1nc(Cl)nc2sccc12. The van der Waals surface area contributed by atoms with E-state index in [1.165, 1.54) is 11.3 Å². The summed E-state index contributed by atoms with van der Waals surface area (Å²) in [7, 11) is 0. The number of nitrogens with one attached hydrogen (secondary N) is 1. The lowest BCUT2D eigenvalue weighted by atomic mass is 10.4. The van der Waals surface area contributed by atoms with Gasteiger partial charge in [0.1, 0.15) is 10.6 Å². The summed E-state index contributed by atoms with van der Waals surface area (Å²) in [6, 6.07) is 1.94. The molecule has 0 atom stereocenters. The summed E-state index contributed by atoms with van der Waals surface area (Å²) in [4.78, 5) is 9.02. The summed E-state index contributed by atoms with van der Waals surface area (Å²) in [6.45, 7) is 0.429. The summed E-state index contributed by atoms with van der Waals surface area (Å²) in [5.41, 5.74) is 0. The second kappa shape index (κ2) is 3.82. The van der Waals surface area contributed by atoms with Crippen molar-refractivity contribution in [1.82, 2.24) is 9.97 Å². The first kappa shape index (κ1) is 9.25. The average Bonchev–Trinajstić information content (AvgIpc) is 2.61. The molecule has 0 unspecified atom stereocenters. The predicted octanol–water partition coefficient (Wildman–Crippen LogP) is 2.39. The van der Waals surface area contributed by atoms with Gasteiger partial charge in [0.25, 0.3) is 0 Å². The Morgan fingerprint density at radius 2 is 2.43 bits per heavy atom. The van der Waals surface area contributed by atoms with Crippen LogP contribution in [0.15, 0.2) is 11.4 Å². The highest BCUT2D eigenvalue weighted by molar-refractivity contribution is 7.16. The highest BCUT2D eigenvalue weighted by Crippen LogP contribution is 2.25. The first-order valence-corrected chi connectivity index (χ1v) is 5.15. The summed E-state index contributed by atoms with van der Waals surface area (Å²) in [5, 5.41) is 6.13. The Morgan fingerprint density at radius 3 is 3.21 bits per heavy atom. The maximum atomic E-state index is 5.75. The Labute approximate surface area is 90.1 Å². The van der Waals surface area contributed by atoms with E-state index in [1.807, 2.05) is 11.4 Å². The topological polar surface area (TPSA) is 37.8 Å². The van der Waals surface area contributed by atoms with Gasteiger partial charge in [-0.25, -0.2) is 9.97 Å². The molecule has 0 bridgehead atoms. The third-order valence-electron chi connectivity index (χ3n) is 1.66. The molecule has 0 aliphatic carbocycles. The summed E-state index contributed by atoms with van der Waals surface area (Å²) in [5.74, 6) is 3.18. The van der Waals surface area contributed by atoms with Crippen molar-refractivity contribution >= 4 is 39.0 Å². The van der Waals surface area contributed by atoms with Gasteiger partial charge in [0, 0.05) is 0 Å². The molecule has 0 saturated carbocycles. The van der Waals surface area contributed by atoms with Crippen molar-refractivity contribution in [2.75, 3.05) is 11.9 Å². The molecule has 0 aliphatic rings. The number of terminal acetylenes is 1. The van der Waals surface area contributed by atoms with E-state index in [-0.39, 0.29) is 5.28 Å². The Balaban J connectivity index is 2.51. The van der Waals surface area contributed by atoms with E-state index in [9.17, 15) is 0 Å². The van der Waals surface area contributed by atoms with Crippen molar-refractivity contribution in [3.05, 3.63) is 16.7 Å². The minimum absolute atomic E-state index is 0.236. The molecule has 2 aromatic heterocycles. The zero-order chi connectivity index (χ0) is 9.97. The van der Waals surface area contributed by atoms with E-state index in [1.54, 1.807) is 0 Å². The number of fused-ring (bicyclic) bond motifs is 1. The molecule has 2 rings (SSSR count). The van der Waals surface area contributed by atoms with Crippen molar-refractivity contribution in [3.63, 3.8) is 0 Å². The molecule has 0 aromatic carbocycles. The van der Waals surface area contributed by atoms with Gasteiger partial charge in [-0.05, 0) is 23.0 Å². The van der Waals surface area contributed by atoms with Gasteiger partial charge in [0.15, 0.2) is 0 Å². The fourth-order valence-corrected chi connectivity index (χ4v) is 2.08. The minimum Gasteiger partial charge on any atom is -0.358 e. The highest BCUT2D eigenvalue weighted by atomic mass is 35.5. The molecule has 0 saturated heterocycles. The second-order valence-electron chi connectivity index (χ2n) is 2.54. The average molecular weight is 224 g/mol. The number of nitrogens with zero attached hydrogens (tertiary/aromatic N) is 2. The fourth-order valence-electron chi connectivity index (χ4n) is 1.10. The van der Waals surface area contributed by atoms with Gasteiger partial charge in [0.05, 0.1) is 11.9 Å². The van der Waals surface area contributed by atoms with Crippen LogP contribution < -0.4 is 5.32 Å². The van der Waals surface area contributed by atoms with E-state index < -0.39 is 0 Å². The first-order valence-electron chi connectivity index (χ1n) is 3.89. The third kappa shape index (κ3) is 1.65. The molecular formula is C9H6ClN3S. The van der Waals surface area contributed by atoms with Gasteiger partial charge >= 0.3 is 0 Å². The Bertz CT molecular complexity index is 500. The van der Waals surface area contributed by atoms with E-state index in [4.69, 9.17) is 18.0 Å². The number of hydrogen-bond acceptors (Lipinski definition) is 4. The van der Waals surface area contributed by atoms with Crippen LogP contribution in [0.2, 0.25) is 5.28 Å². The lowest BCUT2D eigenvalue weighted by Crippen LogP contribution is -2.01. The van der Waals surface area contributed by atoms with Crippen molar-refractivity contribution in [2.24, 2.45) is 0 Å². The molecule has 1 N–H and O–H groups in total. The summed E-state index contributed by atoms with van der Waals surface area (Å²) >= 11 is 7.27. The van der Waals surface area contributed by atoms with E-state index in [0.29, 0.717) is 12.4 Å². The van der Waals surface area contributed by atoms with Crippen molar-refractivity contribution < 1.29 is 0 Å². The minimum atomic E-state index is 0.236. The van der Waals surface area contributed by atoms with Crippen LogP contribution in [0.1, 0.15) is 0 Å². The zero-order valence-corrected chi connectivity index (χ0v) is 8.69. The predicted molar refractivity (Wildman–Crippen MR) is 59.7 cm³/mol. The molecule has 0 fully saturated rings. The van der Waals surface area contributed by atoms with Crippen molar-refractivity contribution in [3.8, 4) is 12.3 Å². The normalized spacial score (nSPS) is 10.0. The van der Waals surface area contributed by atoms with Crippen LogP contribution in [0.4, 0.5) is 5.82 Å². The van der Waals surface area contributed by atoms with Gasteiger partial charge in [-0.2, -0.15) is 0 Å². The van der Waals surface area contributed by atoms with Crippen molar-refractivity contribution in [2.45, 2.75) is 0 Å². The van der Waals surface area contributed by atoms with Crippen LogP contribution in [0.25, 0.3) is 10.2 Å². The fraction of sp³-hybridized carbons (Fsp3) is 0.111. The van der Waals surface area contributed by atoms with Crippen LogP contribution >= 0.6 is 22.9 Å². The number of rotatable bonds is 2. The van der Waals surface area contributed by atoms with E-state index in [2.05, 4.69) is 21.2 Å². The van der Waals surface area contributed by atoms with Gasteiger partial charge in [0.2, 0.25) is 5.28 Å². The highest BCUT2D eigenvalue weighted by Gasteiger charge is 2.06. The van der Waals surface area contributed by atoms with Crippen molar-refractivity contribution in [1.29, 1.82) is 0 Å². The Hall–Kier alpha value is -1.31. The van der Waals surface area contributed by atoms with Crippen LogP contribution in [0.3, 0.4) is 0 Å². The summed E-state index contributed by atoms with van der Waals surface area (Å²) in [6.07, 6.45) is 5.15. The number of halogens is 1. The Morgan fingerprint density at radius 1 is 1.57 bits per heavy atom. The monoisotopic (exact) mass is 223 g/mol. The van der Waals surface area contributed by atoms with Crippen LogP contribution in [0.5, 0.6) is 0 Å². The largest absolute Gasteiger partial charge is 0.358 e. The second-order valence-corrected chi connectivity index (χ2v) is 3.77. The molecule has 2 heterocycles. The molecule has 14 heavy (non-hydrogen) atoms. The lowest BCUT2D eigenvalue weighted by Gasteiger charge is -2.02. The number of hydrogen-bond donors (Lipinski definition) is 1. The molecule has 2 aromatic rings. The van der Waals surface area contributed by atoms with Crippen LogP contribution in [0, 0.1) is 12.3 Å². The molecule has 0 spiro atoms. The zero-order valence-electron chi connectivity index (χ0n) is 7.12. The lowest BCUT2D eigenvalue weighted by molar-refractivity contribution is 1.20. The summed E-state index contributed by atoms with van der Waals surface area (Å²) < 4.78 is 0. The molecule has 0 aliphatic heterocycles. The van der Waals surface area contributed by atoms with E-state index >= 15 is 0 Å². The number of thiophene rings is 1. The number of anilines is 1. The Kier molecular flexibility index (Phi) is 2.53. The van der Waals surface area contributed by atoms with Gasteiger partial charge < -0.3 is 5.32 Å². The molecule has 5 heteroatoms.